The Morgan fingerprint density at radius 2 is 2.04 bits per heavy atom. The number of benzene rings is 2. The fourth-order valence-electron chi connectivity index (χ4n) is 1.87. The Bertz CT molecular complexity index is 689. The predicted octanol–water partition coefficient (Wildman–Crippen LogP) is 2.74. The summed E-state index contributed by atoms with van der Waals surface area (Å²) in [5, 5.41) is 19.1. The molecule has 0 saturated carbocycles. The fourth-order valence-corrected chi connectivity index (χ4v) is 1.99. The number of hydrogen-bond acceptors (Lipinski definition) is 4. The molecule has 5 nitrogen and oxygen atoms in total. The van der Waals surface area contributed by atoms with Crippen molar-refractivity contribution in [2.24, 2.45) is 5.10 Å². The van der Waals surface area contributed by atoms with E-state index in [1.54, 1.807) is 36.5 Å². The van der Waals surface area contributed by atoms with Crippen LogP contribution in [0, 0.1) is 0 Å². The van der Waals surface area contributed by atoms with Crippen molar-refractivity contribution in [2.45, 2.75) is 6.54 Å². The van der Waals surface area contributed by atoms with Crippen LogP contribution in [-0.4, -0.2) is 35.6 Å². The zero-order valence-electron chi connectivity index (χ0n) is 13.1. The Morgan fingerprint density at radius 1 is 1.30 bits per heavy atom. The number of hydrogen-bond donors (Lipinski definition) is 2. The van der Waals surface area contributed by atoms with Crippen LogP contribution < -0.4 is 10.1 Å². The standard InChI is InChI=1S/C17H19N3O2S/c1-20(17(23)18-11-13-6-4-3-5-7-13)19-12-14-8-9-15(21)16(10-14)22-2/h3-10,12,21H,11H2,1-2H3,(H,18,23)/b19-12+. The van der Waals surface area contributed by atoms with Crippen LogP contribution in [0.1, 0.15) is 11.1 Å². The molecular weight excluding hydrogens is 310 g/mol. The normalized spacial score (nSPS) is 10.5. The summed E-state index contributed by atoms with van der Waals surface area (Å²) in [6.07, 6.45) is 1.65. The first-order valence-electron chi connectivity index (χ1n) is 7.06. The maximum Gasteiger partial charge on any atom is 0.189 e. The molecule has 2 rings (SSSR count). The molecule has 2 aromatic rings. The quantitative estimate of drug-likeness (QED) is 0.502. The number of aromatic hydroxyl groups is 1. The van der Waals surface area contributed by atoms with E-state index in [1.807, 2.05) is 30.3 Å². The van der Waals surface area contributed by atoms with Gasteiger partial charge in [-0.15, -0.1) is 0 Å². The summed E-state index contributed by atoms with van der Waals surface area (Å²) in [6.45, 7) is 0.645. The number of ether oxygens (including phenoxy) is 1. The third kappa shape index (κ3) is 4.96. The molecule has 6 heteroatoms. The summed E-state index contributed by atoms with van der Waals surface area (Å²) < 4.78 is 5.06. The van der Waals surface area contributed by atoms with E-state index >= 15 is 0 Å². The largest absolute Gasteiger partial charge is 0.504 e. The van der Waals surface area contributed by atoms with Crippen LogP contribution in [0.2, 0.25) is 0 Å². The van der Waals surface area contributed by atoms with Crippen LogP contribution in [0.15, 0.2) is 53.6 Å². The van der Waals surface area contributed by atoms with Gasteiger partial charge < -0.3 is 15.2 Å². The summed E-state index contributed by atoms with van der Waals surface area (Å²) in [7, 11) is 3.28. The topological polar surface area (TPSA) is 57.1 Å². The average molecular weight is 329 g/mol. The van der Waals surface area contributed by atoms with Crippen LogP contribution in [-0.2, 0) is 6.54 Å². The Morgan fingerprint density at radius 3 is 2.74 bits per heavy atom. The highest BCUT2D eigenvalue weighted by atomic mass is 32.1. The summed E-state index contributed by atoms with van der Waals surface area (Å²) in [5.74, 6) is 0.499. The fraction of sp³-hybridized carbons (Fsp3) is 0.176. The molecule has 2 N–H and O–H groups in total. The minimum absolute atomic E-state index is 0.0954. The van der Waals surface area contributed by atoms with Gasteiger partial charge in [-0.2, -0.15) is 5.10 Å². The molecule has 0 aliphatic heterocycles. The number of phenols is 1. The minimum Gasteiger partial charge on any atom is -0.504 e. The first-order valence-corrected chi connectivity index (χ1v) is 7.47. The van der Waals surface area contributed by atoms with Crippen LogP contribution in [0.3, 0.4) is 0 Å². The van der Waals surface area contributed by atoms with Gasteiger partial charge in [-0.25, -0.2) is 5.01 Å². The van der Waals surface area contributed by atoms with E-state index in [-0.39, 0.29) is 5.75 Å². The lowest BCUT2D eigenvalue weighted by molar-refractivity contribution is 0.373. The molecule has 0 aliphatic carbocycles. The lowest BCUT2D eigenvalue weighted by atomic mass is 10.2. The first-order chi connectivity index (χ1) is 11.1. The summed E-state index contributed by atoms with van der Waals surface area (Å²) in [4.78, 5) is 0. The first kappa shape index (κ1) is 16.8. The van der Waals surface area contributed by atoms with E-state index in [9.17, 15) is 5.11 Å². The van der Waals surface area contributed by atoms with Crippen LogP contribution in [0.25, 0.3) is 0 Å². The van der Waals surface area contributed by atoms with Gasteiger partial charge in [0.1, 0.15) is 0 Å². The molecule has 0 heterocycles. The number of rotatable bonds is 5. The summed E-state index contributed by atoms with van der Waals surface area (Å²) in [6, 6.07) is 15.0. The maximum absolute atomic E-state index is 9.57. The van der Waals surface area contributed by atoms with Crippen LogP contribution in [0.4, 0.5) is 0 Å². The highest BCUT2D eigenvalue weighted by Gasteiger charge is 2.03. The Kier molecular flexibility index (Phi) is 5.94. The van der Waals surface area contributed by atoms with Gasteiger partial charge in [0.15, 0.2) is 16.6 Å². The van der Waals surface area contributed by atoms with Gasteiger partial charge in [0, 0.05) is 13.6 Å². The predicted molar refractivity (Wildman–Crippen MR) is 95.9 cm³/mol. The Labute approximate surface area is 141 Å². The number of phenolic OH excluding ortho intramolecular Hbond substituents is 1. The van der Waals surface area contributed by atoms with Crippen LogP contribution >= 0.6 is 12.2 Å². The highest BCUT2D eigenvalue weighted by molar-refractivity contribution is 7.80. The van der Waals surface area contributed by atoms with Crippen molar-refractivity contribution in [3.63, 3.8) is 0 Å². The highest BCUT2D eigenvalue weighted by Crippen LogP contribution is 2.25. The van der Waals surface area contributed by atoms with Crippen molar-refractivity contribution in [3.05, 3.63) is 59.7 Å². The Balaban J connectivity index is 1.92. The summed E-state index contributed by atoms with van der Waals surface area (Å²) >= 11 is 5.30. The van der Waals surface area contributed by atoms with E-state index < -0.39 is 0 Å². The lowest BCUT2D eigenvalue weighted by Gasteiger charge is -2.15. The molecule has 0 radical (unpaired) electrons. The van der Waals surface area contributed by atoms with Crippen molar-refractivity contribution < 1.29 is 9.84 Å². The zero-order valence-corrected chi connectivity index (χ0v) is 13.9. The molecule has 2 aromatic carbocycles. The van der Waals surface area contributed by atoms with E-state index in [4.69, 9.17) is 17.0 Å². The van der Waals surface area contributed by atoms with E-state index in [2.05, 4.69) is 10.4 Å². The van der Waals surface area contributed by atoms with Gasteiger partial charge in [-0.1, -0.05) is 30.3 Å². The van der Waals surface area contributed by atoms with E-state index in [0.717, 1.165) is 11.1 Å². The molecule has 0 bridgehead atoms. The molecule has 0 amide bonds. The minimum atomic E-state index is 0.0954. The lowest BCUT2D eigenvalue weighted by Crippen LogP contribution is -2.33. The molecule has 0 aliphatic rings. The van der Waals surface area contributed by atoms with Gasteiger partial charge in [0.05, 0.1) is 13.3 Å². The molecular formula is C17H19N3O2S. The SMILES string of the molecule is COc1cc(/C=N/N(C)C(=S)NCc2ccccc2)ccc1O. The molecule has 0 unspecified atom stereocenters. The zero-order chi connectivity index (χ0) is 16.7. The van der Waals surface area contributed by atoms with Crippen molar-refractivity contribution in [3.8, 4) is 11.5 Å². The number of nitrogens with one attached hydrogen (secondary N) is 1. The van der Waals surface area contributed by atoms with Gasteiger partial charge >= 0.3 is 0 Å². The third-order valence-electron chi connectivity index (χ3n) is 3.16. The number of hydrazone groups is 1. The average Bonchev–Trinajstić information content (AvgIpc) is 2.59. The van der Waals surface area contributed by atoms with Crippen molar-refractivity contribution in [2.75, 3.05) is 14.2 Å². The molecule has 0 saturated heterocycles. The van der Waals surface area contributed by atoms with Gasteiger partial charge in [-0.3, -0.25) is 0 Å². The maximum atomic E-state index is 9.57. The van der Waals surface area contributed by atoms with Gasteiger partial charge in [-0.05, 0) is 41.5 Å². The second-order valence-electron chi connectivity index (χ2n) is 4.84. The number of thiocarbonyl (C=S) groups is 1. The van der Waals surface area contributed by atoms with E-state index in [1.165, 1.54) is 7.11 Å². The van der Waals surface area contributed by atoms with Crippen molar-refractivity contribution >= 4 is 23.5 Å². The molecule has 120 valence electrons. The van der Waals surface area contributed by atoms with Crippen LogP contribution in [0.5, 0.6) is 11.5 Å². The number of methoxy groups -OCH3 is 1. The van der Waals surface area contributed by atoms with E-state index in [0.29, 0.717) is 17.4 Å². The van der Waals surface area contributed by atoms with Crippen molar-refractivity contribution in [1.29, 1.82) is 0 Å². The molecule has 0 spiro atoms. The van der Waals surface area contributed by atoms with Gasteiger partial charge in [0.25, 0.3) is 0 Å². The second kappa shape index (κ2) is 8.14. The monoisotopic (exact) mass is 329 g/mol. The molecule has 23 heavy (non-hydrogen) atoms. The van der Waals surface area contributed by atoms with Gasteiger partial charge in [0.2, 0.25) is 0 Å². The molecule has 0 atom stereocenters. The second-order valence-corrected chi connectivity index (χ2v) is 5.23. The molecule has 0 aromatic heterocycles. The van der Waals surface area contributed by atoms with Crippen molar-refractivity contribution in [1.82, 2.24) is 10.3 Å². The Hall–Kier alpha value is -2.60. The number of nitrogens with zero attached hydrogens (tertiary/aromatic N) is 2. The molecule has 0 fully saturated rings. The third-order valence-corrected chi connectivity index (χ3v) is 3.57. The summed E-state index contributed by atoms with van der Waals surface area (Å²) in [5.41, 5.74) is 1.95. The smallest absolute Gasteiger partial charge is 0.189 e.